The van der Waals surface area contributed by atoms with E-state index >= 15 is 0 Å². The van der Waals surface area contributed by atoms with E-state index in [1.54, 1.807) is 0 Å². The predicted molar refractivity (Wildman–Crippen MR) is 80.1 cm³/mol. The molecule has 0 saturated heterocycles. The molecule has 120 valence electrons. The molecular weight excluding hydrogens is 318 g/mol. The van der Waals surface area contributed by atoms with Crippen molar-refractivity contribution in [3.8, 4) is 5.75 Å². The van der Waals surface area contributed by atoms with E-state index in [0.29, 0.717) is 5.75 Å². The summed E-state index contributed by atoms with van der Waals surface area (Å²) in [4.78, 5) is -0.120. The zero-order valence-electron chi connectivity index (χ0n) is 12.0. The van der Waals surface area contributed by atoms with Gasteiger partial charge >= 0.3 is 0 Å². The highest BCUT2D eigenvalue weighted by atomic mass is 32.2. The number of nitrogen functional groups attached to an aromatic ring is 1. The largest absolute Gasteiger partial charge is 0.497 e. The number of hydrogen-bond acceptors (Lipinski definition) is 6. The van der Waals surface area contributed by atoms with E-state index in [0.717, 1.165) is 4.31 Å². The number of sulfonamides is 2. The molecule has 10 heteroatoms. The van der Waals surface area contributed by atoms with Gasteiger partial charge in [0.25, 0.3) is 0 Å². The van der Waals surface area contributed by atoms with Crippen LogP contribution in [0.4, 0.5) is 5.69 Å². The molecule has 0 radical (unpaired) electrons. The van der Waals surface area contributed by atoms with Crippen molar-refractivity contribution in [3.05, 3.63) is 18.2 Å². The van der Waals surface area contributed by atoms with Gasteiger partial charge in [-0.1, -0.05) is 0 Å². The van der Waals surface area contributed by atoms with Crippen LogP contribution in [0.25, 0.3) is 0 Å². The first-order valence-electron chi connectivity index (χ1n) is 5.93. The lowest BCUT2D eigenvalue weighted by atomic mass is 10.3. The molecule has 0 heterocycles. The van der Waals surface area contributed by atoms with Crippen molar-refractivity contribution in [2.75, 3.05) is 39.2 Å². The fraction of sp³-hybridized carbons (Fsp3) is 0.455. The summed E-state index contributed by atoms with van der Waals surface area (Å²) in [7, 11) is -3.15. The van der Waals surface area contributed by atoms with E-state index < -0.39 is 20.0 Å². The Bertz CT molecular complexity index is 699. The van der Waals surface area contributed by atoms with Crippen LogP contribution < -0.4 is 15.2 Å². The minimum Gasteiger partial charge on any atom is -0.497 e. The molecule has 0 amide bonds. The van der Waals surface area contributed by atoms with Gasteiger partial charge in [0.15, 0.2) is 0 Å². The topological polar surface area (TPSA) is 119 Å². The molecule has 0 aliphatic rings. The summed E-state index contributed by atoms with van der Waals surface area (Å²) in [6, 6.07) is 4.14. The van der Waals surface area contributed by atoms with Crippen LogP contribution in [-0.4, -0.2) is 54.6 Å². The molecule has 0 aliphatic heterocycles. The Morgan fingerprint density at radius 3 is 2.33 bits per heavy atom. The first kappa shape index (κ1) is 17.7. The Balaban J connectivity index is 2.84. The number of hydrogen-bond donors (Lipinski definition) is 2. The fourth-order valence-electron chi connectivity index (χ4n) is 1.46. The standard InChI is InChI=1S/C11H19N3O5S2/c1-14(2)20(15,16)7-6-13-21(17,18)11-5-4-9(19-3)8-10(11)12/h4-5,8,13H,6-7,12H2,1-3H3. The Kier molecular flexibility index (Phi) is 5.56. The summed E-state index contributed by atoms with van der Waals surface area (Å²) >= 11 is 0. The molecule has 21 heavy (non-hydrogen) atoms. The number of benzene rings is 1. The molecule has 1 rings (SSSR count). The highest BCUT2D eigenvalue weighted by Gasteiger charge is 2.20. The van der Waals surface area contributed by atoms with E-state index in [4.69, 9.17) is 10.5 Å². The van der Waals surface area contributed by atoms with Gasteiger partial charge in [-0.05, 0) is 12.1 Å². The van der Waals surface area contributed by atoms with E-state index in [1.165, 1.54) is 39.4 Å². The zero-order valence-corrected chi connectivity index (χ0v) is 13.7. The molecule has 0 spiro atoms. The van der Waals surface area contributed by atoms with Crippen LogP contribution in [0, 0.1) is 0 Å². The lowest BCUT2D eigenvalue weighted by Gasteiger charge is -2.13. The number of rotatable bonds is 7. The highest BCUT2D eigenvalue weighted by molar-refractivity contribution is 7.90. The lowest BCUT2D eigenvalue weighted by molar-refractivity contribution is 0.414. The third kappa shape index (κ3) is 4.56. The first-order valence-corrected chi connectivity index (χ1v) is 9.03. The fourth-order valence-corrected chi connectivity index (χ4v) is 3.46. The van der Waals surface area contributed by atoms with Crippen LogP contribution >= 0.6 is 0 Å². The summed E-state index contributed by atoms with van der Waals surface area (Å²) in [6.07, 6.45) is 0. The summed E-state index contributed by atoms with van der Waals surface area (Å²) < 4.78 is 55.4. The Morgan fingerprint density at radius 1 is 1.24 bits per heavy atom. The average Bonchev–Trinajstić information content (AvgIpc) is 2.37. The van der Waals surface area contributed by atoms with Crippen LogP contribution in [0.15, 0.2) is 23.1 Å². The van der Waals surface area contributed by atoms with Crippen LogP contribution in [0.3, 0.4) is 0 Å². The summed E-state index contributed by atoms with van der Waals surface area (Å²) in [5, 5.41) is 0. The second kappa shape index (κ2) is 6.60. The van der Waals surface area contributed by atoms with E-state index in [2.05, 4.69) is 4.72 Å². The minimum atomic E-state index is -3.88. The third-order valence-electron chi connectivity index (χ3n) is 2.71. The van der Waals surface area contributed by atoms with Crippen LogP contribution in [-0.2, 0) is 20.0 Å². The Hall–Kier alpha value is -1.36. The van der Waals surface area contributed by atoms with Crippen molar-refractivity contribution < 1.29 is 21.6 Å². The maximum absolute atomic E-state index is 12.1. The molecule has 0 bridgehead atoms. The van der Waals surface area contributed by atoms with Gasteiger partial charge in [-0.2, -0.15) is 0 Å². The number of methoxy groups -OCH3 is 1. The van der Waals surface area contributed by atoms with Gasteiger partial charge in [-0.15, -0.1) is 0 Å². The number of nitrogens with one attached hydrogen (secondary N) is 1. The summed E-state index contributed by atoms with van der Waals surface area (Å²) in [5.41, 5.74) is 5.69. The van der Waals surface area contributed by atoms with Crippen molar-refractivity contribution >= 4 is 25.7 Å². The third-order valence-corrected chi connectivity index (χ3v) is 6.08. The van der Waals surface area contributed by atoms with Crippen LogP contribution in [0.5, 0.6) is 5.75 Å². The molecule has 0 aromatic heterocycles. The normalized spacial score (nSPS) is 12.6. The van der Waals surface area contributed by atoms with Gasteiger partial charge in [0.2, 0.25) is 20.0 Å². The molecule has 0 atom stereocenters. The van der Waals surface area contributed by atoms with Gasteiger partial charge in [0, 0.05) is 26.7 Å². The Morgan fingerprint density at radius 2 is 1.86 bits per heavy atom. The monoisotopic (exact) mass is 337 g/mol. The molecule has 0 saturated carbocycles. The molecule has 1 aromatic rings. The SMILES string of the molecule is COc1ccc(S(=O)(=O)NCCS(=O)(=O)N(C)C)c(N)c1. The van der Waals surface area contributed by atoms with Crippen molar-refractivity contribution in [2.45, 2.75) is 4.90 Å². The molecule has 3 N–H and O–H groups in total. The van der Waals surface area contributed by atoms with E-state index in [1.807, 2.05) is 0 Å². The second-order valence-electron chi connectivity index (χ2n) is 4.40. The Labute approximate surface area is 125 Å². The van der Waals surface area contributed by atoms with Crippen molar-refractivity contribution in [1.29, 1.82) is 0 Å². The minimum absolute atomic E-state index is 0.0253. The van der Waals surface area contributed by atoms with Crippen LogP contribution in [0.2, 0.25) is 0 Å². The van der Waals surface area contributed by atoms with Gasteiger partial charge < -0.3 is 10.5 Å². The molecular formula is C11H19N3O5S2. The second-order valence-corrected chi connectivity index (χ2v) is 8.44. The predicted octanol–water partition coefficient (Wildman–Crippen LogP) is -0.553. The molecule has 0 unspecified atom stereocenters. The summed E-state index contributed by atoms with van der Waals surface area (Å²) in [6.45, 7) is -0.242. The maximum atomic E-state index is 12.1. The van der Waals surface area contributed by atoms with E-state index in [-0.39, 0.29) is 22.9 Å². The highest BCUT2D eigenvalue weighted by Crippen LogP contribution is 2.23. The lowest BCUT2D eigenvalue weighted by Crippen LogP contribution is -2.34. The molecule has 0 aliphatic carbocycles. The molecule has 8 nitrogen and oxygen atoms in total. The van der Waals surface area contributed by atoms with Crippen molar-refractivity contribution in [3.63, 3.8) is 0 Å². The zero-order chi connectivity index (χ0) is 16.3. The number of ether oxygens (including phenoxy) is 1. The first-order chi connectivity index (χ1) is 9.60. The van der Waals surface area contributed by atoms with Crippen molar-refractivity contribution in [1.82, 2.24) is 9.03 Å². The molecule has 0 fully saturated rings. The quantitative estimate of drug-likeness (QED) is 0.644. The maximum Gasteiger partial charge on any atom is 0.242 e. The van der Waals surface area contributed by atoms with Crippen molar-refractivity contribution in [2.24, 2.45) is 0 Å². The summed E-state index contributed by atoms with van der Waals surface area (Å²) in [5.74, 6) is 0.0941. The van der Waals surface area contributed by atoms with Gasteiger partial charge in [0.05, 0.1) is 18.6 Å². The molecule has 1 aromatic carbocycles. The van der Waals surface area contributed by atoms with Gasteiger partial charge in [0.1, 0.15) is 10.6 Å². The van der Waals surface area contributed by atoms with E-state index in [9.17, 15) is 16.8 Å². The smallest absolute Gasteiger partial charge is 0.242 e. The van der Waals surface area contributed by atoms with Gasteiger partial charge in [-0.3, -0.25) is 0 Å². The average molecular weight is 337 g/mol. The number of nitrogens with zero attached hydrogens (tertiary/aromatic N) is 1. The number of nitrogens with two attached hydrogens (primary N) is 1. The van der Waals surface area contributed by atoms with Crippen LogP contribution in [0.1, 0.15) is 0 Å². The van der Waals surface area contributed by atoms with Gasteiger partial charge in [-0.25, -0.2) is 25.9 Å². The number of anilines is 1.